The van der Waals surface area contributed by atoms with Gasteiger partial charge in [0.15, 0.2) is 6.61 Å². The van der Waals surface area contributed by atoms with Gasteiger partial charge in [-0.1, -0.05) is 25.4 Å². The Bertz CT molecular complexity index is 893. The summed E-state index contributed by atoms with van der Waals surface area (Å²) in [7, 11) is 1.36. The summed E-state index contributed by atoms with van der Waals surface area (Å²) in [5.41, 5.74) is 2.46. The van der Waals surface area contributed by atoms with Crippen LogP contribution in [0.15, 0.2) is 18.2 Å². The Labute approximate surface area is 174 Å². The molecule has 0 aliphatic heterocycles. The fourth-order valence-corrected chi connectivity index (χ4v) is 5.05. The number of fused-ring (bicyclic) bond motifs is 1. The van der Waals surface area contributed by atoms with Crippen LogP contribution >= 0.6 is 22.9 Å². The van der Waals surface area contributed by atoms with Gasteiger partial charge in [-0.3, -0.25) is 4.79 Å². The molecule has 1 aromatic heterocycles. The number of benzene rings is 1. The topological polar surface area (TPSA) is 64.6 Å². The van der Waals surface area contributed by atoms with Gasteiger partial charge in [-0.25, -0.2) is 4.79 Å². The second kappa shape index (κ2) is 8.97. The highest BCUT2D eigenvalue weighted by atomic mass is 35.5. The third-order valence-corrected chi connectivity index (χ3v) is 6.46. The van der Waals surface area contributed by atoms with Gasteiger partial charge in [-0.2, -0.15) is 0 Å². The SMILES string of the molecule is CCc1cc(OCC(=O)Nc2sc3c(c2C(=O)OC)CC[C@@H](C)C3)ccc1Cl. The molecule has 0 saturated heterocycles. The minimum Gasteiger partial charge on any atom is -0.484 e. The fraction of sp³-hybridized carbons (Fsp3) is 0.429. The van der Waals surface area contributed by atoms with Crippen molar-refractivity contribution in [1.82, 2.24) is 0 Å². The van der Waals surface area contributed by atoms with Crippen LogP contribution in [-0.2, 0) is 28.8 Å². The van der Waals surface area contributed by atoms with Crippen molar-refractivity contribution in [3.05, 3.63) is 44.8 Å². The van der Waals surface area contributed by atoms with Crippen molar-refractivity contribution in [2.75, 3.05) is 19.0 Å². The van der Waals surface area contributed by atoms with Gasteiger partial charge in [0.1, 0.15) is 10.8 Å². The lowest BCUT2D eigenvalue weighted by atomic mass is 9.88. The van der Waals surface area contributed by atoms with Crippen LogP contribution in [0.25, 0.3) is 0 Å². The first-order chi connectivity index (χ1) is 13.4. The Morgan fingerprint density at radius 3 is 2.86 bits per heavy atom. The number of hydrogen-bond donors (Lipinski definition) is 1. The molecule has 1 heterocycles. The third kappa shape index (κ3) is 4.50. The van der Waals surface area contributed by atoms with Gasteiger partial charge in [0.05, 0.1) is 12.7 Å². The van der Waals surface area contributed by atoms with Crippen LogP contribution < -0.4 is 10.1 Å². The summed E-state index contributed by atoms with van der Waals surface area (Å²) >= 11 is 7.57. The highest BCUT2D eigenvalue weighted by Gasteiger charge is 2.28. The largest absolute Gasteiger partial charge is 0.484 e. The smallest absolute Gasteiger partial charge is 0.341 e. The molecule has 0 radical (unpaired) electrons. The number of ether oxygens (including phenoxy) is 2. The van der Waals surface area contributed by atoms with Gasteiger partial charge in [0, 0.05) is 9.90 Å². The summed E-state index contributed by atoms with van der Waals surface area (Å²) in [4.78, 5) is 25.9. The zero-order valence-electron chi connectivity index (χ0n) is 16.3. The van der Waals surface area contributed by atoms with E-state index in [0.717, 1.165) is 41.7 Å². The van der Waals surface area contributed by atoms with E-state index in [9.17, 15) is 9.59 Å². The van der Waals surface area contributed by atoms with E-state index in [0.29, 0.717) is 27.3 Å². The lowest BCUT2D eigenvalue weighted by Crippen LogP contribution is -2.21. The highest BCUT2D eigenvalue weighted by molar-refractivity contribution is 7.17. The second-order valence-corrected chi connectivity index (χ2v) is 8.50. The molecule has 0 fully saturated rings. The number of anilines is 1. The molecule has 7 heteroatoms. The van der Waals surface area contributed by atoms with Crippen LogP contribution in [0.4, 0.5) is 5.00 Å². The molecule has 5 nitrogen and oxygen atoms in total. The molecule has 28 heavy (non-hydrogen) atoms. The minimum absolute atomic E-state index is 0.148. The van der Waals surface area contributed by atoms with E-state index in [1.165, 1.54) is 18.4 Å². The van der Waals surface area contributed by atoms with Gasteiger partial charge in [-0.15, -0.1) is 11.3 Å². The maximum Gasteiger partial charge on any atom is 0.341 e. The lowest BCUT2D eigenvalue weighted by molar-refractivity contribution is -0.118. The van der Waals surface area contributed by atoms with E-state index in [1.54, 1.807) is 12.1 Å². The summed E-state index contributed by atoms with van der Waals surface area (Å²) in [5.74, 6) is 0.434. The van der Waals surface area contributed by atoms with Crippen LogP contribution in [0.1, 0.15) is 46.6 Å². The maximum absolute atomic E-state index is 12.4. The van der Waals surface area contributed by atoms with Crippen molar-refractivity contribution in [2.45, 2.75) is 39.5 Å². The van der Waals surface area contributed by atoms with E-state index in [4.69, 9.17) is 21.1 Å². The van der Waals surface area contributed by atoms with Crippen molar-refractivity contribution in [1.29, 1.82) is 0 Å². The molecule has 1 N–H and O–H groups in total. The Morgan fingerprint density at radius 2 is 2.14 bits per heavy atom. The summed E-state index contributed by atoms with van der Waals surface area (Å²) in [6.07, 6.45) is 3.56. The van der Waals surface area contributed by atoms with Crippen LogP contribution in [0.5, 0.6) is 5.75 Å². The lowest BCUT2D eigenvalue weighted by Gasteiger charge is -2.18. The Morgan fingerprint density at radius 1 is 1.36 bits per heavy atom. The molecule has 1 aliphatic carbocycles. The number of aryl methyl sites for hydroxylation is 1. The summed E-state index contributed by atoms with van der Waals surface area (Å²) in [6.45, 7) is 4.05. The monoisotopic (exact) mass is 421 g/mol. The zero-order chi connectivity index (χ0) is 20.3. The predicted octanol–water partition coefficient (Wildman–Crippen LogP) is 4.89. The standard InChI is InChI=1S/C21H24ClNO4S/c1-4-13-10-14(6-8-16(13)22)27-11-18(24)23-20-19(21(25)26-3)15-7-5-12(2)9-17(15)28-20/h6,8,10,12H,4-5,7,9,11H2,1-3H3,(H,23,24)/t12-/m1/s1. The Kier molecular flexibility index (Phi) is 6.62. The molecule has 0 spiro atoms. The van der Waals surface area contributed by atoms with Gasteiger partial charge >= 0.3 is 5.97 Å². The molecule has 0 bridgehead atoms. The quantitative estimate of drug-likeness (QED) is 0.674. The van der Waals surface area contributed by atoms with E-state index < -0.39 is 5.97 Å². The molecule has 1 aliphatic rings. The van der Waals surface area contributed by atoms with Gasteiger partial charge in [0.2, 0.25) is 0 Å². The van der Waals surface area contributed by atoms with Gasteiger partial charge in [-0.05, 0) is 60.9 Å². The fourth-order valence-electron chi connectivity index (χ4n) is 3.38. The van der Waals surface area contributed by atoms with Crippen LogP contribution in [0.3, 0.4) is 0 Å². The summed E-state index contributed by atoms with van der Waals surface area (Å²) in [6, 6.07) is 5.33. The molecule has 3 rings (SSSR count). The van der Waals surface area contributed by atoms with Gasteiger partial charge in [0.25, 0.3) is 5.91 Å². The third-order valence-electron chi connectivity index (χ3n) is 4.92. The summed E-state index contributed by atoms with van der Waals surface area (Å²) in [5, 5.41) is 4.06. The first-order valence-corrected chi connectivity index (χ1v) is 10.6. The average Bonchev–Trinajstić information content (AvgIpc) is 3.03. The molecule has 150 valence electrons. The van der Waals surface area contributed by atoms with Crippen molar-refractivity contribution in [3.8, 4) is 5.75 Å². The Hall–Kier alpha value is -2.05. The normalized spacial score (nSPS) is 15.6. The minimum atomic E-state index is -0.409. The second-order valence-electron chi connectivity index (χ2n) is 6.99. The average molecular weight is 422 g/mol. The number of nitrogens with one attached hydrogen (secondary N) is 1. The molecular formula is C21H24ClNO4S. The van der Waals surface area contributed by atoms with Crippen molar-refractivity contribution in [3.63, 3.8) is 0 Å². The number of rotatable bonds is 6. The molecule has 2 aromatic rings. The number of amides is 1. The molecule has 0 saturated carbocycles. The van der Waals surface area contributed by atoms with Gasteiger partial charge < -0.3 is 14.8 Å². The number of carbonyl (C=O) groups excluding carboxylic acids is 2. The number of carbonyl (C=O) groups is 2. The van der Waals surface area contributed by atoms with E-state index >= 15 is 0 Å². The first kappa shape index (κ1) is 20.7. The van der Waals surface area contributed by atoms with E-state index in [2.05, 4.69) is 12.2 Å². The number of esters is 1. The zero-order valence-corrected chi connectivity index (χ0v) is 17.8. The van der Waals surface area contributed by atoms with Crippen molar-refractivity contribution >= 4 is 39.8 Å². The van der Waals surface area contributed by atoms with Crippen LogP contribution in [0.2, 0.25) is 5.02 Å². The number of thiophene rings is 1. The molecule has 0 unspecified atom stereocenters. The molecular weight excluding hydrogens is 398 g/mol. The first-order valence-electron chi connectivity index (χ1n) is 9.36. The summed E-state index contributed by atoms with van der Waals surface area (Å²) < 4.78 is 10.5. The van der Waals surface area contributed by atoms with E-state index in [1.807, 2.05) is 13.0 Å². The van der Waals surface area contributed by atoms with Crippen LogP contribution in [-0.4, -0.2) is 25.6 Å². The number of halogens is 1. The predicted molar refractivity (Wildman–Crippen MR) is 112 cm³/mol. The maximum atomic E-state index is 12.4. The molecule has 1 atom stereocenters. The van der Waals surface area contributed by atoms with Crippen LogP contribution in [0, 0.1) is 5.92 Å². The highest BCUT2D eigenvalue weighted by Crippen LogP contribution is 2.40. The van der Waals surface area contributed by atoms with Crippen molar-refractivity contribution in [2.24, 2.45) is 5.92 Å². The van der Waals surface area contributed by atoms with Crippen molar-refractivity contribution < 1.29 is 19.1 Å². The number of methoxy groups -OCH3 is 1. The molecule has 1 amide bonds. The van der Waals surface area contributed by atoms with E-state index in [-0.39, 0.29) is 12.5 Å². The molecule has 1 aromatic carbocycles. The number of hydrogen-bond acceptors (Lipinski definition) is 5. The Balaban J connectivity index is 1.72.